The summed E-state index contributed by atoms with van der Waals surface area (Å²) in [4.78, 5) is 4.14. The molecule has 0 saturated carbocycles. The van der Waals surface area contributed by atoms with Crippen molar-refractivity contribution in [3.63, 3.8) is 0 Å². The van der Waals surface area contributed by atoms with Gasteiger partial charge in [0.15, 0.2) is 0 Å². The maximum Gasteiger partial charge on any atom is 0.129 e. The first-order valence-electron chi connectivity index (χ1n) is 3.59. The molecule has 0 unspecified atom stereocenters. The van der Waals surface area contributed by atoms with E-state index in [1.54, 1.807) is 12.1 Å². The van der Waals surface area contributed by atoms with Crippen molar-refractivity contribution in [1.82, 2.24) is 4.98 Å². The molecule has 1 nitrogen and oxygen atoms in total. The quantitative estimate of drug-likeness (QED) is 0.654. The molecular formula is C9H4BrCl2N. The van der Waals surface area contributed by atoms with Crippen molar-refractivity contribution in [1.29, 1.82) is 0 Å². The van der Waals surface area contributed by atoms with Crippen molar-refractivity contribution in [3.8, 4) is 0 Å². The minimum absolute atomic E-state index is 0.451. The molecule has 2 aromatic rings. The van der Waals surface area contributed by atoms with Gasteiger partial charge in [-0.15, -0.1) is 0 Å². The average molecular weight is 277 g/mol. The Morgan fingerprint density at radius 3 is 2.62 bits per heavy atom. The SMILES string of the molecule is Clc1ccc2c(Br)ccc(Cl)c2n1. The molecule has 0 saturated heterocycles. The Hall–Kier alpha value is -0.310. The fourth-order valence-electron chi connectivity index (χ4n) is 1.13. The maximum atomic E-state index is 5.96. The minimum atomic E-state index is 0.451. The zero-order chi connectivity index (χ0) is 9.42. The van der Waals surface area contributed by atoms with Gasteiger partial charge in [0.25, 0.3) is 0 Å². The molecule has 0 spiro atoms. The summed E-state index contributed by atoms with van der Waals surface area (Å²) < 4.78 is 0.969. The van der Waals surface area contributed by atoms with Crippen LogP contribution < -0.4 is 0 Å². The number of aromatic nitrogens is 1. The highest BCUT2D eigenvalue weighted by Crippen LogP contribution is 2.29. The lowest BCUT2D eigenvalue weighted by atomic mass is 10.2. The fourth-order valence-corrected chi connectivity index (χ4v) is 1.93. The standard InChI is InChI=1S/C9H4BrCl2N/c10-6-2-3-7(11)9-5(6)1-4-8(12)13-9/h1-4H. The van der Waals surface area contributed by atoms with Crippen LogP contribution in [0.25, 0.3) is 10.9 Å². The molecule has 4 heteroatoms. The summed E-state index contributed by atoms with van der Waals surface area (Å²) in [5.41, 5.74) is 0.726. The van der Waals surface area contributed by atoms with E-state index in [0.29, 0.717) is 10.2 Å². The Morgan fingerprint density at radius 1 is 1.08 bits per heavy atom. The Labute approximate surface area is 93.8 Å². The molecule has 66 valence electrons. The highest BCUT2D eigenvalue weighted by Gasteiger charge is 2.04. The molecule has 0 atom stereocenters. The van der Waals surface area contributed by atoms with Gasteiger partial charge in [-0.25, -0.2) is 4.98 Å². The van der Waals surface area contributed by atoms with E-state index in [0.717, 1.165) is 15.4 Å². The summed E-state index contributed by atoms with van der Waals surface area (Å²) in [6.07, 6.45) is 0. The summed E-state index contributed by atoms with van der Waals surface area (Å²) in [6.45, 7) is 0. The fraction of sp³-hybridized carbons (Fsp3) is 0. The molecule has 13 heavy (non-hydrogen) atoms. The van der Waals surface area contributed by atoms with Gasteiger partial charge < -0.3 is 0 Å². The van der Waals surface area contributed by atoms with Crippen LogP contribution in [0, 0.1) is 0 Å². The van der Waals surface area contributed by atoms with Crippen molar-refractivity contribution >= 4 is 50.0 Å². The van der Waals surface area contributed by atoms with Crippen LogP contribution in [0.15, 0.2) is 28.7 Å². The predicted octanol–water partition coefficient (Wildman–Crippen LogP) is 4.30. The highest BCUT2D eigenvalue weighted by atomic mass is 79.9. The van der Waals surface area contributed by atoms with Crippen LogP contribution in [-0.2, 0) is 0 Å². The van der Waals surface area contributed by atoms with Crippen molar-refractivity contribution in [2.45, 2.75) is 0 Å². The van der Waals surface area contributed by atoms with Crippen molar-refractivity contribution in [2.75, 3.05) is 0 Å². The van der Waals surface area contributed by atoms with E-state index in [4.69, 9.17) is 23.2 Å². The molecule has 0 bridgehead atoms. The van der Waals surface area contributed by atoms with Crippen LogP contribution in [0.5, 0.6) is 0 Å². The first-order chi connectivity index (χ1) is 6.18. The lowest BCUT2D eigenvalue weighted by Gasteiger charge is -2.01. The summed E-state index contributed by atoms with van der Waals surface area (Å²) in [5.74, 6) is 0. The molecule has 0 fully saturated rings. The molecule has 0 N–H and O–H groups in total. The lowest BCUT2D eigenvalue weighted by Crippen LogP contribution is -1.81. The van der Waals surface area contributed by atoms with Crippen LogP contribution in [-0.4, -0.2) is 4.98 Å². The summed E-state index contributed by atoms with van der Waals surface area (Å²) >= 11 is 15.1. The largest absolute Gasteiger partial charge is 0.234 e. The highest BCUT2D eigenvalue weighted by molar-refractivity contribution is 9.10. The summed E-state index contributed by atoms with van der Waals surface area (Å²) in [6, 6.07) is 7.31. The number of nitrogens with zero attached hydrogens (tertiary/aromatic N) is 1. The van der Waals surface area contributed by atoms with E-state index in [1.807, 2.05) is 12.1 Å². The van der Waals surface area contributed by atoms with Crippen LogP contribution in [0.2, 0.25) is 10.2 Å². The topological polar surface area (TPSA) is 12.9 Å². The first kappa shape index (κ1) is 9.25. The number of benzene rings is 1. The van der Waals surface area contributed by atoms with Crippen molar-refractivity contribution in [3.05, 3.63) is 38.9 Å². The van der Waals surface area contributed by atoms with Gasteiger partial charge in [-0.05, 0) is 24.3 Å². The van der Waals surface area contributed by atoms with E-state index < -0.39 is 0 Å². The second-order valence-electron chi connectivity index (χ2n) is 2.56. The zero-order valence-corrected chi connectivity index (χ0v) is 9.49. The molecule has 0 radical (unpaired) electrons. The van der Waals surface area contributed by atoms with Gasteiger partial charge in [-0.3, -0.25) is 0 Å². The number of halogens is 3. The van der Waals surface area contributed by atoms with E-state index in [-0.39, 0.29) is 0 Å². The third-order valence-corrected chi connectivity index (χ3v) is 2.93. The van der Waals surface area contributed by atoms with Gasteiger partial charge >= 0.3 is 0 Å². The predicted molar refractivity (Wildman–Crippen MR) is 59.5 cm³/mol. The zero-order valence-electron chi connectivity index (χ0n) is 6.39. The van der Waals surface area contributed by atoms with Gasteiger partial charge in [0.2, 0.25) is 0 Å². The molecular weight excluding hydrogens is 273 g/mol. The lowest BCUT2D eigenvalue weighted by molar-refractivity contribution is 1.41. The van der Waals surface area contributed by atoms with Gasteiger partial charge in [-0.2, -0.15) is 0 Å². The smallest absolute Gasteiger partial charge is 0.129 e. The molecule has 2 rings (SSSR count). The van der Waals surface area contributed by atoms with Gasteiger partial charge in [0.05, 0.1) is 10.5 Å². The molecule has 0 aliphatic heterocycles. The van der Waals surface area contributed by atoms with Gasteiger partial charge in [0.1, 0.15) is 5.15 Å². The summed E-state index contributed by atoms with van der Waals surface area (Å²) in [7, 11) is 0. The van der Waals surface area contributed by atoms with E-state index in [9.17, 15) is 0 Å². The number of hydrogen-bond donors (Lipinski definition) is 0. The number of pyridine rings is 1. The number of fused-ring (bicyclic) bond motifs is 1. The molecule has 0 aliphatic carbocycles. The summed E-state index contributed by atoms with van der Waals surface area (Å²) in [5, 5.41) is 2.03. The normalized spacial score (nSPS) is 10.7. The second-order valence-corrected chi connectivity index (χ2v) is 4.21. The average Bonchev–Trinajstić information content (AvgIpc) is 2.12. The van der Waals surface area contributed by atoms with Crippen LogP contribution in [0.3, 0.4) is 0 Å². The van der Waals surface area contributed by atoms with E-state index in [1.165, 1.54) is 0 Å². The van der Waals surface area contributed by atoms with Crippen molar-refractivity contribution in [2.24, 2.45) is 0 Å². The monoisotopic (exact) mass is 275 g/mol. The maximum absolute atomic E-state index is 5.96. The Bertz CT molecular complexity index is 470. The second kappa shape index (κ2) is 3.45. The van der Waals surface area contributed by atoms with E-state index >= 15 is 0 Å². The Balaban J connectivity index is 2.92. The van der Waals surface area contributed by atoms with Gasteiger partial charge in [0, 0.05) is 9.86 Å². The minimum Gasteiger partial charge on any atom is -0.234 e. The number of hydrogen-bond acceptors (Lipinski definition) is 1. The molecule has 0 aliphatic rings. The first-order valence-corrected chi connectivity index (χ1v) is 5.13. The molecule has 1 heterocycles. The molecule has 0 amide bonds. The third kappa shape index (κ3) is 1.66. The number of rotatable bonds is 0. The Kier molecular flexibility index (Phi) is 2.45. The van der Waals surface area contributed by atoms with Crippen LogP contribution in [0.4, 0.5) is 0 Å². The van der Waals surface area contributed by atoms with Gasteiger partial charge in [-0.1, -0.05) is 39.1 Å². The van der Waals surface area contributed by atoms with Crippen molar-refractivity contribution < 1.29 is 0 Å². The molecule has 1 aromatic carbocycles. The van der Waals surface area contributed by atoms with Crippen LogP contribution in [0.1, 0.15) is 0 Å². The van der Waals surface area contributed by atoms with E-state index in [2.05, 4.69) is 20.9 Å². The third-order valence-electron chi connectivity index (χ3n) is 1.72. The van der Waals surface area contributed by atoms with Crippen LogP contribution >= 0.6 is 39.1 Å². The Morgan fingerprint density at radius 2 is 1.85 bits per heavy atom. The molecule has 1 aromatic heterocycles.